The molecule has 0 aromatic heterocycles. The van der Waals surface area contributed by atoms with Crippen molar-refractivity contribution in [2.24, 2.45) is 5.73 Å². The van der Waals surface area contributed by atoms with E-state index in [0.717, 1.165) is 5.56 Å². The Morgan fingerprint density at radius 1 is 1.13 bits per heavy atom. The fourth-order valence-electron chi connectivity index (χ4n) is 3.18. The van der Waals surface area contributed by atoms with Crippen molar-refractivity contribution in [3.05, 3.63) is 60.2 Å². The number of ether oxygens (including phenoxy) is 1. The van der Waals surface area contributed by atoms with Gasteiger partial charge in [-0.2, -0.15) is 0 Å². The molecule has 2 aromatic rings. The van der Waals surface area contributed by atoms with Crippen LogP contribution in [-0.4, -0.2) is 18.9 Å². The van der Waals surface area contributed by atoms with Gasteiger partial charge in [0.15, 0.2) is 5.54 Å². The Kier molecular flexibility index (Phi) is 3.78. The number of nitrogens with zero attached hydrogens (tertiary/aromatic N) is 1. The Morgan fingerprint density at radius 3 is 2.35 bits per heavy atom. The van der Waals surface area contributed by atoms with E-state index in [2.05, 4.69) is 0 Å². The first-order valence-corrected chi connectivity index (χ1v) is 7.42. The molecule has 118 valence electrons. The summed E-state index contributed by atoms with van der Waals surface area (Å²) < 4.78 is 5.15. The number of hydrogen-bond donors (Lipinski definition) is 1. The highest BCUT2D eigenvalue weighted by atomic mass is 16.5. The molecular formula is C18H18N2O3. The molecule has 5 nitrogen and oxygen atoms in total. The Balaban J connectivity index is 2.14. The molecule has 1 fully saturated rings. The van der Waals surface area contributed by atoms with Gasteiger partial charge in [0.1, 0.15) is 5.75 Å². The van der Waals surface area contributed by atoms with Gasteiger partial charge in [-0.25, -0.2) is 0 Å². The molecule has 5 heteroatoms. The molecule has 2 N–H and O–H groups in total. The summed E-state index contributed by atoms with van der Waals surface area (Å²) in [5, 5.41) is 0. The van der Waals surface area contributed by atoms with Gasteiger partial charge in [0, 0.05) is 12.1 Å². The number of nitrogens with two attached hydrogens (primary N) is 1. The van der Waals surface area contributed by atoms with Gasteiger partial charge in [-0.1, -0.05) is 30.3 Å². The van der Waals surface area contributed by atoms with E-state index in [4.69, 9.17) is 10.5 Å². The first-order valence-electron chi connectivity index (χ1n) is 7.42. The maximum atomic E-state index is 12.5. The molecule has 0 spiro atoms. The lowest BCUT2D eigenvalue weighted by Crippen LogP contribution is -2.52. The van der Waals surface area contributed by atoms with Crippen molar-refractivity contribution in [1.29, 1.82) is 0 Å². The normalized spacial score (nSPS) is 20.6. The van der Waals surface area contributed by atoms with E-state index in [1.54, 1.807) is 31.4 Å². The zero-order chi connectivity index (χ0) is 16.4. The number of primary amides is 1. The summed E-state index contributed by atoms with van der Waals surface area (Å²) in [5.74, 6) is 0.0490. The minimum absolute atomic E-state index is 0.113. The van der Waals surface area contributed by atoms with Crippen LogP contribution in [0.2, 0.25) is 0 Å². The predicted octanol–water partition coefficient (Wildman–Crippen LogP) is 2.20. The van der Waals surface area contributed by atoms with Gasteiger partial charge < -0.3 is 10.5 Å². The van der Waals surface area contributed by atoms with Crippen LogP contribution in [0.5, 0.6) is 5.75 Å². The van der Waals surface area contributed by atoms with Gasteiger partial charge in [0.2, 0.25) is 11.8 Å². The molecule has 1 aliphatic rings. The molecule has 2 aromatic carbocycles. The molecule has 1 saturated heterocycles. The summed E-state index contributed by atoms with van der Waals surface area (Å²) >= 11 is 0. The summed E-state index contributed by atoms with van der Waals surface area (Å²) in [7, 11) is 1.58. The highest BCUT2D eigenvalue weighted by molar-refractivity contribution is 6.06. The van der Waals surface area contributed by atoms with Crippen LogP contribution >= 0.6 is 0 Å². The van der Waals surface area contributed by atoms with Crippen molar-refractivity contribution >= 4 is 17.5 Å². The smallest absolute Gasteiger partial charge is 0.248 e. The molecule has 23 heavy (non-hydrogen) atoms. The number of methoxy groups -OCH3 is 1. The molecule has 3 rings (SSSR count). The van der Waals surface area contributed by atoms with Gasteiger partial charge in [0.25, 0.3) is 0 Å². The topological polar surface area (TPSA) is 72.6 Å². The second kappa shape index (κ2) is 5.76. The molecule has 0 bridgehead atoms. The van der Waals surface area contributed by atoms with Crippen molar-refractivity contribution in [3.8, 4) is 5.75 Å². The highest BCUT2D eigenvalue weighted by Gasteiger charge is 2.52. The van der Waals surface area contributed by atoms with Crippen molar-refractivity contribution in [3.63, 3.8) is 0 Å². The minimum Gasteiger partial charge on any atom is -0.497 e. The fourth-order valence-corrected chi connectivity index (χ4v) is 3.18. The van der Waals surface area contributed by atoms with Crippen molar-refractivity contribution in [2.75, 3.05) is 12.0 Å². The number of amides is 2. The van der Waals surface area contributed by atoms with Crippen LogP contribution in [0.25, 0.3) is 0 Å². The number of carbonyl (C=O) groups is 2. The monoisotopic (exact) mass is 310 g/mol. The third-order valence-electron chi connectivity index (χ3n) is 4.32. The Hall–Kier alpha value is -2.82. The molecule has 0 unspecified atom stereocenters. The van der Waals surface area contributed by atoms with E-state index in [0.29, 0.717) is 17.9 Å². The quantitative estimate of drug-likeness (QED) is 0.941. The summed E-state index contributed by atoms with van der Waals surface area (Å²) in [6.45, 7) is 0. The zero-order valence-corrected chi connectivity index (χ0v) is 12.9. The molecule has 1 aliphatic heterocycles. The van der Waals surface area contributed by atoms with E-state index < -0.39 is 11.4 Å². The lowest BCUT2D eigenvalue weighted by Gasteiger charge is -2.36. The number of rotatable bonds is 4. The van der Waals surface area contributed by atoms with Crippen LogP contribution in [-0.2, 0) is 15.1 Å². The van der Waals surface area contributed by atoms with E-state index in [-0.39, 0.29) is 12.3 Å². The van der Waals surface area contributed by atoms with Gasteiger partial charge >= 0.3 is 0 Å². The number of anilines is 1. The molecule has 1 atom stereocenters. The summed E-state index contributed by atoms with van der Waals surface area (Å²) in [5.41, 5.74) is 5.97. The average Bonchev–Trinajstić information content (AvgIpc) is 2.94. The van der Waals surface area contributed by atoms with Crippen LogP contribution in [0.1, 0.15) is 18.4 Å². The summed E-state index contributed by atoms with van der Waals surface area (Å²) in [6.07, 6.45) is 0.654. The summed E-state index contributed by atoms with van der Waals surface area (Å²) in [6, 6.07) is 16.3. The van der Waals surface area contributed by atoms with E-state index in [9.17, 15) is 9.59 Å². The highest BCUT2D eigenvalue weighted by Crippen LogP contribution is 2.42. The van der Waals surface area contributed by atoms with Crippen molar-refractivity contribution in [2.45, 2.75) is 18.4 Å². The van der Waals surface area contributed by atoms with Crippen LogP contribution < -0.4 is 15.4 Å². The largest absolute Gasteiger partial charge is 0.497 e. The molecule has 2 amide bonds. The van der Waals surface area contributed by atoms with E-state index in [1.807, 2.05) is 30.3 Å². The maximum absolute atomic E-state index is 12.5. The third-order valence-corrected chi connectivity index (χ3v) is 4.32. The standard InChI is InChI=1S/C18H18N2O3/c1-23-15-9-7-14(8-10-15)20-16(21)11-12-18(20,17(19)22)13-5-3-2-4-6-13/h2-10H,11-12H2,1H3,(H2,19,22)/t18-/m0/s1. The van der Waals surface area contributed by atoms with Crippen LogP contribution in [0.15, 0.2) is 54.6 Å². The van der Waals surface area contributed by atoms with Crippen molar-refractivity contribution < 1.29 is 14.3 Å². The second-order valence-electron chi connectivity index (χ2n) is 5.52. The van der Waals surface area contributed by atoms with Crippen LogP contribution in [0.3, 0.4) is 0 Å². The predicted molar refractivity (Wildman–Crippen MR) is 87.0 cm³/mol. The van der Waals surface area contributed by atoms with Crippen LogP contribution in [0, 0.1) is 0 Å². The molecule has 0 radical (unpaired) electrons. The first kappa shape index (κ1) is 15.1. The average molecular weight is 310 g/mol. The maximum Gasteiger partial charge on any atom is 0.248 e. The lowest BCUT2D eigenvalue weighted by atomic mass is 9.86. The van der Waals surface area contributed by atoms with Crippen molar-refractivity contribution in [1.82, 2.24) is 0 Å². The molecule has 1 heterocycles. The summed E-state index contributed by atoms with van der Waals surface area (Å²) in [4.78, 5) is 26.4. The van der Waals surface area contributed by atoms with Gasteiger partial charge in [-0.05, 0) is 36.2 Å². The van der Waals surface area contributed by atoms with E-state index >= 15 is 0 Å². The Labute approximate surface area is 134 Å². The first-order chi connectivity index (χ1) is 11.1. The number of carbonyl (C=O) groups excluding carboxylic acids is 2. The van der Waals surface area contributed by atoms with Gasteiger partial charge in [0.05, 0.1) is 7.11 Å². The minimum atomic E-state index is -1.15. The van der Waals surface area contributed by atoms with Crippen LogP contribution in [0.4, 0.5) is 5.69 Å². The second-order valence-corrected chi connectivity index (χ2v) is 5.52. The van der Waals surface area contributed by atoms with Gasteiger partial charge in [-0.15, -0.1) is 0 Å². The fraction of sp³-hybridized carbons (Fsp3) is 0.222. The number of hydrogen-bond acceptors (Lipinski definition) is 3. The molecule has 0 aliphatic carbocycles. The zero-order valence-electron chi connectivity index (χ0n) is 12.9. The number of benzene rings is 2. The SMILES string of the molecule is COc1ccc(N2C(=O)CC[C@@]2(C(N)=O)c2ccccc2)cc1. The lowest BCUT2D eigenvalue weighted by molar-refractivity contribution is -0.125. The third kappa shape index (κ3) is 2.34. The van der Waals surface area contributed by atoms with Gasteiger partial charge in [-0.3, -0.25) is 14.5 Å². The van der Waals surface area contributed by atoms with E-state index in [1.165, 1.54) is 4.90 Å². The molecular weight excluding hydrogens is 292 g/mol. The Bertz CT molecular complexity index is 728. The molecule has 0 saturated carbocycles. The Morgan fingerprint density at radius 2 is 1.78 bits per heavy atom.